The molecule has 0 aliphatic rings. The fraction of sp³-hybridized carbons (Fsp3) is 0.833. The van der Waals surface area contributed by atoms with Crippen molar-refractivity contribution in [1.29, 1.82) is 0 Å². The van der Waals surface area contributed by atoms with Gasteiger partial charge in [-0.1, -0.05) is 6.92 Å². The van der Waals surface area contributed by atoms with E-state index in [0.29, 0.717) is 0 Å². The number of hydroxylamine groups is 1. The Morgan fingerprint density at radius 1 is 1.58 bits per heavy atom. The highest BCUT2D eigenvalue weighted by Gasteiger charge is 2.41. The van der Waals surface area contributed by atoms with Crippen molar-refractivity contribution in [2.75, 3.05) is 0 Å². The lowest BCUT2D eigenvalue weighted by molar-refractivity contribution is -0.156. The Kier molecular flexibility index (Phi) is 3.54. The largest absolute Gasteiger partial charge is 0.383 e. The summed E-state index contributed by atoms with van der Waals surface area (Å²) in [5.41, 5.74) is -1.23. The van der Waals surface area contributed by atoms with Crippen LogP contribution in [0, 0.1) is 5.92 Å². The van der Waals surface area contributed by atoms with Crippen LogP contribution in [0.15, 0.2) is 0 Å². The molecule has 2 unspecified atom stereocenters. The molecule has 72 valence electrons. The molecule has 0 saturated heterocycles. The van der Waals surface area contributed by atoms with Crippen LogP contribution < -0.4 is 5.48 Å². The molecule has 0 aromatic carbocycles. The van der Waals surface area contributed by atoms with E-state index in [9.17, 15) is 13.6 Å². The van der Waals surface area contributed by atoms with E-state index in [-0.39, 0.29) is 0 Å². The third kappa shape index (κ3) is 2.12. The third-order valence-corrected chi connectivity index (χ3v) is 1.82. The number of nitrogens with one attached hydrogen (secondary N) is 1. The van der Waals surface area contributed by atoms with E-state index >= 15 is 0 Å². The molecule has 4 nitrogen and oxygen atoms in total. The number of carbonyl (C=O) groups is 1. The van der Waals surface area contributed by atoms with Gasteiger partial charge in [0.2, 0.25) is 5.91 Å². The van der Waals surface area contributed by atoms with Crippen molar-refractivity contribution in [3.63, 3.8) is 0 Å². The first-order valence-electron chi connectivity index (χ1n) is 3.28. The van der Waals surface area contributed by atoms with Gasteiger partial charge in [-0.2, -0.15) is 0 Å². The van der Waals surface area contributed by atoms with Crippen molar-refractivity contribution < 1.29 is 23.9 Å². The van der Waals surface area contributed by atoms with Gasteiger partial charge in [-0.15, -0.1) is 0 Å². The van der Waals surface area contributed by atoms with Crippen molar-refractivity contribution in [3.05, 3.63) is 0 Å². The highest BCUT2D eigenvalue weighted by atomic mass is 19.3. The van der Waals surface area contributed by atoms with Crippen LogP contribution in [0.25, 0.3) is 0 Å². The summed E-state index contributed by atoms with van der Waals surface area (Å²) >= 11 is 0. The number of halogens is 2. The summed E-state index contributed by atoms with van der Waals surface area (Å²) in [5, 5.41) is 17.1. The van der Waals surface area contributed by atoms with Crippen molar-refractivity contribution in [2.45, 2.75) is 25.9 Å². The van der Waals surface area contributed by atoms with Crippen LogP contribution in [0.5, 0.6) is 0 Å². The van der Waals surface area contributed by atoms with Crippen molar-refractivity contribution in [3.8, 4) is 0 Å². The quantitative estimate of drug-likeness (QED) is 0.430. The maximum absolute atomic E-state index is 12.0. The van der Waals surface area contributed by atoms with Gasteiger partial charge in [0.1, 0.15) is 5.60 Å². The van der Waals surface area contributed by atoms with Gasteiger partial charge in [-0.3, -0.25) is 10.0 Å². The molecular formula is C6H11F2NO3. The topological polar surface area (TPSA) is 69.6 Å². The number of aliphatic hydroxyl groups is 1. The highest BCUT2D eigenvalue weighted by Crippen LogP contribution is 2.24. The Morgan fingerprint density at radius 2 is 2.00 bits per heavy atom. The van der Waals surface area contributed by atoms with Crippen LogP contribution >= 0.6 is 0 Å². The zero-order chi connectivity index (χ0) is 9.94. The van der Waals surface area contributed by atoms with Crippen LogP contribution in [0.4, 0.5) is 8.78 Å². The zero-order valence-electron chi connectivity index (χ0n) is 6.71. The normalized spacial score (nSPS) is 18.6. The first-order valence-corrected chi connectivity index (χ1v) is 3.28. The SMILES string of the molecule is CC(C(=O)NO)C(C)(O)C(F)F. The monoisotopic (exact) mass is 183 g/mol. The fourth-order valence-corrected chi connectivity index (χ4v) is 0.551. The standard InChI is InChI=1S/C6H11F2NO3/c1-3(4(10)9-12)6(2,11)5(7)8/h3,5,11-12H,1-2H3,(H,9,10). The van der Waals surface area contributed by atoms with E-state index in [1.54, 1.807) is 0 Å². The molecule has 3 N–H and O–H groups in total. The van der Waals surface area contributed by atoms with Crippen LogP contribution in [-0.4, -0.2) is 28.2 Å². The van der Waals surface area contributed by atoms with Crippen LogP contribution in [0.3, 0.4) is 0 Å². The highest BCUT2D eigenvalue weighted by molar-refractivity contribution is 5.78. The number of hydrogen-bond acceptors (Lipinski definition) is 3. The van der Waals surface area contributed by atoms with E-state index in [1.165, 1.54) is 5.48 Å². The molecule has 2 atom stereocenters. The fourth-order valence-electron chi connectivity index (χ4n) is 0.551. The van der Waals surface area contributed by atoms with Crippen molar-refractivity contribution in [1.82, 2.24) is 5.48 Å². The van der Waals surface area contributed by atoms with Gasteiger partial charge < -0.3 is 5.11 Å². The molecule has 0 aliphatic carbocycles. The molecule has 0 aromatic rings. The molecule has 0 saturated carbocycles. The zero-order valence-corrected chi connectivity index (χ0v) is 6.71. The molecule has 0 rings (SSSR count). The summed E-state index contributed by atoms with van der Waals surface area (Å²) in [4.78, 5) is 10.6. The molecule has 0 bridgehead atoms. The first-order chi connectivity index (χ1) is 5.34. The Balaban J connectivity index is 4.45. The van der Waals surface area contributed by atoms with Gasteiger partial charge >= 0.3 is 0 Å². The molecule has 6 heteroatoms. The number of carbonyl (C=O) groups excluding carboxylic acids is 1. The lowest BCUT2D eigenvalue weighted by Gasteiger charge is -2.27. The maximum Gasteiger partial charge on any atom is 0.267 e. The van der Waals surface area contributed by atoms with Crippen molar-refractivity contribution >= 4 is 5.91 Å². The Labute approximate surface area is 68.1 Å². The summed E-state index contributed by atoms with van der Waals surface area (Å²) in [6, 6.07) is 0. The minimum atomic E-state index is -3.04. The molecule has 0 fully saturated rings. The van der Waals surface area contributed by atoms with Gasteiger partial charge in [0.05, 0.1) is 5.92 Å². The minimum absolute atomic E-state index is 0.831. The lowest BCUT2D eigenvalue weighted by atomic mass is 9.91. The van der Waals surface area contributed by atoms with Gasteiger partial charge in [-0.25, -0.2) is 14.3 Å². The van der Waals surface area contributed by atoms with E-state index in [1.807, 2.05) is 0 Å². The Morgan fingerprint density at radius 3 is 2.25 bits per heavy atom. The number of alkyl halides is 2. The molecular weight excluding hydrogens is 172 g/mol. The van der Waals surface area contributed by atoms with Gasteiger partial charge in [0.25, 0.3) is 6.43 Å². The molecule has 0 heterocycles. The number of hydrogen-bond donors (Lipinski definition) is 3. The molecule has 0 radical (unpaired) electrons. The van der Waals surface area contributed by atoms with E-state index < -0.39 is 23.9 Å². The van der Waals surface area contributed by atoms with Crippen LogP contribution in [0.2, 0.25) is 0 Å². The number of amides is 1. The summed E-state index contributed by atoms with van der Waals surface area (Å²) in [6.45, 7) is 1.93. The summed E-state index contributed by atoms with van der Waals surface area (Å²) in [6.07, 6.45) is -3.04. The summed E-state index contributed by atoms with van der Waals surface area (Å²) in [5.74, 6) is -2.41. The maximum atomic E-state index is 12.0. The van der Waals surface area contributed by atoms with Gasteiger partial charge in [-0.05, 0) is 6.92 Å². The molecule has 0 aromatic heterocycles. The second-order valence-corrected chi connectivity index (χ2v) is 2.72. The predicted octanol–water partition coefficient (Wildman–Crippen LogP) is 0.144. The van der Waals surface area contributed by atoms with Crippen LogP contribution in [0.1, 0.15) is 13.8 Å². The second-order valence-electron chi connectivity index (χ2n) is 2.72. The third-order valence-electron chi connectivity index (χ3n) is 1.82. The smallest absolute Gasteiger partial charge is 0.267 e. The van der Waals surface area contributed by atoms with E-state index in [0.717, 1.165) is 13.8 Å². The molecule has 1 amide bonds. The lowest BCUT2D eigenvalue weighted by Crippen LogP contribution is -2.47. The van der Waals surface area contributed by atoms with Gasteiger partial charge in [0, 0.05) is 0 Å². The van der Waals surface area contributed by atoms with Crippen molar-refractivity contribution in [2.24, 2.45) is 5.92 Å². The Hall–Kier alpha value is -0.750. The Bertz CT molecular complexity index is 172. The molecule has 0 aliphatic heterocycles. The van der Waals surface area contributed by atoms with E-state index in [4.69, 9.17) is 10.3 Å². The predicted molar refractivity (Wildman–Crippen MR) is 35.7 cm³/mol. The summed E-state index contributed by atoms with van der Waals surface area (Å²) in [7, 11) is 0. The molecule has 0 spiro atoms. The van der Waals surface area contributed by atoms with Gasteiger partial charge in [0.15, 0.2) is 0 Å². The second kappa shape index (κ2) is 3.77. The minimum Gasteiger partial charge on any atom is -0.383 e. The van der Waals surface area contributed by atoms with E-state index in [2.05, 4.69) is 0 Å². The molecule has 12 heavy (non-hydrogen) atoms. The average molecular weight is 183 g/mol. The summed E-state index contributed by atoms with van der Waals surface area (Å²) < 4.78 is 24.1. The van der Waals surface area contributed by atoms with Crippen LogP contribution in [-0.2, 0) is 4.79 Å². The first kappa shape index (κ1) is 11.2. The average Bonchev–Trinajstić information content (AvgIpc) is 2.01. The number of rotatable bonds is 3.